The fourth-order valence-electron chi connectivity index (χ4n) is 3.94. The molecule has 0 aliphatic heterocycles. The number of rotatable bonds is 7. The number of carbonyl (C=O) groups is 1. The Hall–Kier alpha value is -3.05. The van der Waals surface area contributed by atoms with Gasteiger partial charge in [-0.05, 0) is 42.9 Å². The number of alkyl halides is 3. The van der Waals surface area contributed by atoms with Crippen LogP contribution in [0.3, 0.4) is 0 Å². The fourth-order valence-corrected chi connectivity index (χ4v) is 3.94. The third-order valence-corrected chi connectivity index (χ3v) is 5.78. The molecule has 0 bridgehead atoms. The van der Waals surface area contributed by atoms with Gasteiger partial charge in [0.2, 0.25) is 5.91 Å². The zero-order chi connectivity index (χ0) is 23.1. The van der Waals surface area contributed by atoms with Gasteiger partial charge in [-0.2, -0.15) is 18.4 Å². The largest absolute Gasteiger partial charge is 0.456 e. The van der Waals surface area contributed by atoms with E-state index in [9.17, 15) is 23.2 Å². The van der Waals surface area contributed by atoms with Crippen LogP contribution in [0.1, 0.15) is 44.7 Å². The summed E-state index contributed by atoms with van der Waals surface area (Å²) in [6, 6.07) is 10.5. The average molecular weight is 443 g/mol. The number of carbonyl (C=O) groups excluding carboxylic acids is 1. The number of nitrogens with one attached hydrogen (secondary N) is 2. The molecule has 2 N–H and O–H groups in total. The quantitative estimate of drug-likeness (QED) is 0.515. The lowest BCUT2D eigenvalue weighted by molar-refractivity contribution is -0.161. The Labute approximate surface area is 183 Å². The van der Waals surface area contributed by atoms with Crippen molar-refractivity contribution in [2.45, 2.75) is 56.9 Å². The highest BCUT2D eigenvalue weighted by molar-refractivity contribution is 6.04. The average Bonchev–Trinajstić information content (AvgIpc) is 3.40. The van der Waals surface area contributed by atoms with Crippen molar-refractivity contribution < 1.29 is 22.4 Å². The van der Waals surface area contributed by atoms with Crippen LogP contribution in [0.15, 0.2) is 46.9 Å². The first-order chi connectivity index (χ1) is 15.1. The van der Waals surface area contributed by atoms with Crippen molar-refractivity contribution >= 4 is 27.8 Å². The number of para-hydroxylation sites is 1. The Morgan fingerprint density at radius 1 is 1.16 bits per heavy atom. The van der Waals surface area contributed by atoms with Crippen LogP contribution in [-0.4, -0.2) is 23.7 Å². The predicted octanol–water partition coefficient (Wildman–Crippen LogP) is 5.37. The van der Waals surface area contributed by atoms with Crippen LogP contribution in [0, 0.1) is 17.2 Å². The molecule has 8 heteroatoms. The van der Waals surface area contributed by atoms with Crippen LogP contribution in [-0.2, 0) is 4.79 Å². The molecule has 1 heterocycles. The van der Waals surface area contributed by atoms with E-state index in [1.165, 1.54) is 12.1 Å². The fraction of sp³-hybridized carbons (Fsp3) is 0.417. The Kier molecular flexibility index (Phi) is 5.63. The molecule has 168 valence electrons. The standard InChI is InChI=1S/C24H24F3N3O2/c1-14(2)11-18(22(31)30-23(13-28)9-10-23)29-21(24(25,26)27)15-7-8-17-16-5-3-4-6-19(16)32-20(17)12-15/h3-8,12,14,18,21,29H,9-11H2,1-2H3,(H,30,31)/t18-,21-/m0/s1. The maximum Gasteiger partial charge on any atom is 0.407 e. The Balaban J connectivity index is 1.66. The monoisotopic (exact) mass is 443 g/mol. The number of nitrogens with zero attached hydrogens (tertiary/aromatic N) is 1. The van der Waals surface area contributed by atoms with Crippen molar-refractivity contribution in [2.75, 3.05) is 0 Å². The van der Waals surface area contributed by atoms with E-state index in [4.69, 9.17) is 4.42 Å². The number of furan rings is 1. The van der Waals surface area contributed by atoms with Gasteiger partial charge in [0.05, 0.1) is 12.1 Å². The number of hydrogen-bond donors (Lipinski definition) is 2. The molecule has 3 aromatic rings. The molecule has 1 amide bonds. The van der Waals surface area contributed by atoms with Gasteiger partial charge in [0, 0.05) is 10.8 Å². The highest BCUT2D eigenvalue weighted by Crippen LogP contribution is 2.38. The minimum atomic E-state index is -4.64. The van der Waals surface area contributed by atoms with E-state index in [0.717, 1.165) is 10.8 Å². The van der Waals surface area contributed by atoms with Gasteiger partial charge in [0.15, 0.2) is 0 Å². The number of nitriles is 1. The van der Waals surface area contributed by atoms with Gasteiger partial charge in [-0.25, -0.2) is 0 Å². The van der Waals surface area contributed by atoms with Crippen molar-refractivity contribution in [3.8, 4) is 6.07 Å². The van der Waals surface area contributed by atoms with Gasteiger partial charge in [-0.3, -0.25) is 10.1 Å². The smallest absolute Gasteiger partial charge is 0.407 e. The molecule has 1 fully saturated rings. The molecule has 4 rings (SSSR count). The predicted molar refractivity (Wildman–Crippen MR) is 115 cm³/mol. The van der Waals surface area contributed by atoms with E-state index in [-0.39, 0.29) is 17.9 Å². The SMILES string of the molecule is CC(C)C[C@H](N[C@@H](c1ccc2c(c1)oc1ccccc12)C(F)(F)F)C(=O)NC1(C#N)CC1. The highest BCUT2D eigenvalue weighted by Gasteiger charge is 2.47. The number of fused-ring (bicyclic) bond motifs is 3. The molecule has 0 saturated heterocycles. The molecule has 0 spiro atoms. The first-order valence-corrected chi connectivity index (χ1v) is 10.6. The van der Waals surface area contributed by atoms with E-state index >= 15 is 0 Å². The van der Waals surface area contributed by atoms with Crippen molar-refractivity contribution in [3.05, 3.63) is 48.0 Å². The van der Waals surface area contributed by atoms with Crippen LogP contribution in [0.2, 0.25) is 0 Å². The van der Waals surface area contributed by atoms with Gasteiger partial charge in [0.1, 0.15) is 22.7 Å². The normalized spacial score (nSPS) is 17.3. The van der Waals surface area contributed by atoms with Crippen LogP contribution in [0.25, 0.3) is 21.9 Å². The summed E-state index contributed by atoms with van der Waals surface area (Å²) in [6.07, 6.45) is -3.42. The van der Waals surface area contributed by atoms with Crippen molar-refractivity contribution in [1.82, 2.24) is 10.6 Å². The Morgan fingerprint density at radius 3 is 2.47 bits per heavy atom. The lowest BCUT2D eigenvalue weighted by Crippen LogP contribution is -2.52. The zero-order valence-corrected chi connectivity index (χ0v) is 17.8. The molecule has 1 aromatic heterocycles. The molecular formula is C24H24F3N3O2. The van der Waals surface area contributed by atoms with Crippen LogP contribution < -0.4 is 10.6 Å². The summed E-state index contributed by atoms with van der Waals surface area (Å²) < 4.78 is 48.1. The number of benzene rings is 2. The number of halogens is 3. The van der Waals surface area contributed by atoms with Crippen LogP contribution >= 0.6 is 0 Å². The van der Waals surface area contributed by atoms with Crippen LogP contribution in [0.5, 0.6) is 0 Å². The van der Waals surface area contributed by atoms with Crippen molar-refractivity contribution in [3.63, 3.8) is 0 Å². The summed E-state index contributed by atoms with van der Waals surface area (Å²) in [5, 5.41) is 16.0. The molecule has 1 saturated carbocycles. The highest BCUT2D eigenvalue weighted by atomic mass is 19.4. The van der Waals surface area contributed by atoms with Gasteiger partial charge < -0.3 is 9.73 Å². The lowest BCUT2D eigenvalue weighted by atomic mass is 9.98. The molecule has 0 unspecified atom stereocenters. The summed E-state index contributed by atoms with van der Waals surface area (Å²) in [5.41, 5.74) is -0.0351. The summed E-state index contributed by atoms with van der Waals surface area (Å²) >= 11 is 0. The first-order valence-electron chi connectivity index (χ1n) is 10.6. The summed E-state index contributed by atoms with van der Waals surface area (Å²) in [7, 11) is 0. The Bertz CT molecular complexity index is 1190. The molecule has 32 heavy (non-hydrogen) atoms. The molecular weight excluding hydrogens is 419 g/mol. The number of hydrogen-bond acceptors (Lipinski definition) is 4. The maximum absolute atomic E-state index is 14.1. The second kappa shape index (κ2) is 8.14. The summed E-state index contributed by atoms with van der Waals surface area (Å²) in [5.74, 6) is -0.612. The first kappa shape index (κ1) is 22.2. The molecule has 0 radical (unpaired) electrons. The Morgan fingerprint density at radius 2 is 1.84 bits per heavy atom. The van der Waals surface area contributed by atoms with E-state index in [2.05, 4.69) is 10.6 Å². The third kappa shape index (κ3) is 4.44. The summed E-state index contributed by atoms with van der Waals surface area (Å²) in [6.45, 7) is 3.67. The van der Waals surface area contributed by atoms with Gasteiger partial charge in [0.25, 0.3) is 0 Å². The van der Waals surface area contributed by atoms with Crippen LogP contribution in [0.4, 0.5) is 13.2 Å². The lowest BCUT2D eigenvalue weighted by Gasteiger charge is -2.29. The van der Waals surface area contributed by atoms with E-state index in [0.29, 0.717) is 24.0 Å². The van der Waals surface area contributed by atoms with E-state index < -0.39 is 29.7 Å². The molecule has 5 nitrogen and oxygen atoms in total. The second-order valence-electron chi connectivity index (χ2n) is 8.86. The van der Waals surface area contributed by atoms with Gasteiger partial charge in [-0.15, -0.1) is 0 Å². The number of amides is 1. The third-order valence-electron chi connectivity index (χ3n) is 5.78. The zero-order valence-electron chi connectivity index (χ0n) is 17.8. The minimum Gasteiger partial charge on any atom is -0.456 e. The minimum absolute atomic E-state index is 0.0257. The maximum atomic E-state index is 14.1. The summed E-state index contributed by atoms with van der Waals surface area (Å²) in [4.78, 5) is 12.8. The van der Waals surface area contributed by atoms with E-state index in [1.54, 1.807) is 18.2 Å². The van der Waals surface area contributed by atoms with Gasteiger partial charge >= 0.3 is 6.18 Å². The van der Waals surface area contributed by atoms with Gasteiger partial charge in [-0.1, -0.05) is 44.2 Å². The molecule has 1 aliphatic carbocycles. The van der Waals surface area contributed by atoms with E-state index in [1.807, 2.05) is 32.0 Å². The molecule has 2 atom stereocenters. The van der Waals surface area contributed by atoms with Crippen molar-refractivity contribution in [2.24, 2.45) is 5.92 Å². The van der Waals surface area contributed by atoms with Crippen molar-refractivity contribution in [1.29, 1.82) is 5.26 Å². The molecule has 2 aromatic carbocycles. The molecule has 1 aliphatic rings. The second-order valence-corrected chi connectivity index (χ2v) is 8.86. The topological polar surface area (TPSA) is 78.1 Å².